The van der Waals surface area contributed by atoms with E-state index in [1.54, 1.807) is 18.5 Å². The van der Waals surface area contributed by atoms with Gasteiger partial charge < -0.3 is 9.88 Å². The lowest BCUT2D eigenvalue weighted by molar-refractivity contribution is -0.384. The molecule has 0 aliphatic heterocycles. The summed E-state index contributed by atoms with van der Waals surface area (Å²) >= 11 is 0. The van der Waals surface area contributed by atoms with E-state index >= 15 is 0 Å². The summed E-state index contributed by atoms with van der Waals surface area (Å²) < 4.78 is 1.90. The van der Waals surface area contributed by atoms with Crippen LogP contribution in [0.15, 0.2) is 30.6 Å². The molecule has 0 radical (unpaired) electrons. The fourth-order valence-electron chi connectivity index (χ4n) is 1.88. The van der Waals surface area contributed by atoms with Gasteiger partial charge >= 0.3 is 0 Å². The molecular weight excluding hydrogens is 258 g/mol. The molecule has 0 saturated heterocycles. The lowest BCUT2D eigenvalue weighted by atomic mass is 10.1. The molecule has 0 bridgehead atoms. The molecule has 0 unspecified atom stereocenters. The van der Waals surface area contributed by atoms with E-state index in [9.17, 15) is 10.1 Å². The van der Waals surface area contributed by atoms with Gasteiger partial charge in [-0.3, -0.25) is 10.1 Å². The van der Waals surface area contributed by atoms with E-state index in [2.05, 4.69) is 15.5 Å². The van der Waals surface area contributed by atoms with E-state index < -0.39 is 0 Å². The van der Waals surface area contributed by atoms with Crippen molar-refractivity contribution in [1.29, 1.82) is 0 Å². The molecule has 0 atom stereocenters. The quantitative estimate of drug-likeness (QED) is 0.464. The highest BCUT2D eigenvalue weighted by Crippen LogP contribution is 2.11. The number of nitro groups is 1. The number of nitrogens with one attached hydrogen (secondary N) is 1. The number of aromatic nitrogens is 3. The first-order valence-corrected chi connectivity index (χ1v) is 6.44. The topological polar surface area (TPSA) is 85.9 Å². The minimum atomic E-state index is -0.386. The van der Waals surface area contributed by atoms with Crippen LogP contribution in [0, 0.1) is 10.1 Å². The number of nitrogens with zero attached hydrogens (tertiary/aromatic N) is 4. The van der Waals surface area contributed by atoms with Gasteiger partial charge in [-0.1, -0.05) is 12.1 Å². The first-order valence-electron chi connectivity index (χ1n) is 6.44. The van der Waals surface area contributed by atoms with Crippen LogP contribution in [0.5, 0.6) is 0 Å². The van der Waals surface area contributed by atoms with Gasteiger partial charge in [0.25, 0.3) is 5.69 Å². The maximum Gasteiger partial charge on any atom is 0.269 e. The monoisotopic (exact) mass is 275 g/mol. The number of benzene rings is 1. The summed E-state index contributed by atoms with van der Waals surface area (Å²) in [7, 11) is 1.92. The standard InChI is InChI=1S/C13H17N5O2/c1-17-10-15-16-13(17)7-9-14-8-6-11-2-4-12(5-3-11)18(19)20/h2-5,10,14H,6-9H2,1H3. The van der Waals surface area contributed by atoms with Crippen LogP contribution in [0.3, 0.4) is 0 Å². The van der Waals surface area contributed by atoms with Crippen molar-refractivity contribution in [3.05, 3.63) is 52.1 Å². The van der Waals surface area contributed by atoms with Crippen molar-refractivity contribution in [1.82, 2.24) is 20.1 Å². The zero-order valence-corrected chi connectivity index (χ0v) is 11.3. The zero-order chi connectivity index (χ0) is 14.4. The lowest BCUT2D eigenvalue weighted by Gasteiger charge is -2.04. The van der Waals surface area contributed by atoms with Crippen molar-refractivity contribution in [3.8, 4) is 0 Å². The molecule has 0 amide bonds. The van der Waals surface area contributed by atoms with Gasteiger partial charge in [-0.05, 0) is 18.5 Å². The van der Waals surface area contributed by atoms with E-state index in [1.165, 1.54) is 12.1 Å². The Morgan fingerprint density at radius 2 is 1.95 bits per heavy atom. The smallest absolute Gasteiger partial charge is 0.269 e. The molecule has 2 aromatic rings. The van der Waals surface area contributed by atoms with Crippen LogP contribution in [-0.4, -0.2) is 32.8 Å². The maximum absolute atomic E-state index is 10.5. The third-order valence-electron chi connectivity index (χ3n) is 3.07. The Morgan fingerprint density at radius 3 is 2.55 bits per heavy atom. The average molecular weight is 275 g/mol. The molecule has 1 N–H and O–H groups in total. The van der Waals surface area contributed by atoms with Gasteiger partial charge in [0.2, 0.25) is 0 Å². The molecule has 2 rings (SSSR count). The third kappa shape index (κ3) is 3.86. The van der Waals surface area contributed by atoms with Gasteiger partial charge in [-0.2, -0.15) is 0 Å². The van der Waals surface area contributed by atoms with Gasteiger partial charge in [0, 0.05) is 32.1 Å². The molecule has 0 spiro atoms. The minimum absolute atomic E-state index is 0.129. The fraction of sp³-hybridized carbons (Fsp3) is 0.385. The van der Waals surface area contributed by atoms with Crippen LogP contribution in [-0.2, 0) is 19.9 Å². The average Bonchev–Trinajstić information content (AvgIpc) is 2.84. The molecule has 106 valence electrons. The Hall–Kier alpha value is -2.28. The van der Waals surface area contributed by atoms with E-state index in [0.29, 0.717) is 0 Å². The number of rotatable bonds is 7. The Bertz CT molecular complexity index is 564. The number of aryl methyl sites for hydroxylation is 1. The van der Waals surface area contributed by atoms with E-state index in [4.69, 9.17) is 0 Å². The summed E-state index contributed by atoms with van der Waals surface area (Å²) in [6.07, 6.45) is 3.36. The van der Waals surface area contributed by atoms with Crippen LogP contribution in [0.25, 0.3) is 0 Å². The highest BCUT2D eigenvalue weighted by atomic mass is 16.6. The van der Waals surface area contributed by atoms with Crippen LogP contribution >= 0.6 is 0 Å². The highest BCUT2D eigenvalue weighted by Gasteiger charge is 2.03. The first kappa shape index (κ1) is 14.1. The fourth-order valence-corrected chi connectivity index (χ4v) is 1.88. The van der Waals surface area contributed by atoms with Crippen LogP contribution in [0.4, 0.5) is 5.69 Å². The van der Waals surface area contributed by atoms with Gasteiger partial charge in [0.05, 0.1) is 4.92 Å². The van der Waals surface area contributed by atoms with E-state index in [-0.39, 0.29) is 10.6 Å². The Morgan fingerprint density at radius 1 is 1.25 bits per heavy atom. The summed E-state index contributed by atoms with van der Waals surface area (Å²) in [5.74, 6) is 0.952. The number of non-ortho nitro benzene ring substituents is 1. The van der Waals surface area contributed by atoms with Crippen LogP contribution < -0.4 is 5.32 Å². The van der Waals surface area contributed by atoms with Crippen LogP contribution in [0.2, 0.25) is 0 Å². The second-order valence-electron chi connectivity index (χ2n) is 4.53. The molecule has 0 aliphatic rings. The van der Waals surface area contributed by atoms with Crippen molar-refractivity contribution < 1.29 is 4.92 Å². The number of nitro benzene ring substituents is 1. The van der Waals surface area contributed by atoms with Crippen molar-refractivity contribution in [2.75, 3.05) is 13.1 Å². The lowest BCUT2D eigenvalue weighted by Crippen LogP contribution is -2.21. The molecule has 0 saturated carbocycles. The predicted molar refractivity (Wildman–Crippen MR) is 74.4 cm³/mol. The van der Waals surface area contributed by atoms with Gasteiger partial charge in [0.15, 0.2) is 0 Å². The zero-order valence-electron chi connectivity index (χ0n) is 11.3. The number of hydrogen-bond donors (Lipinski definition) is 1. The molecule has 20 heavy (non-hydrogen) atoms. The second-order valence-corrected chi connectivity index (χ2v) is 4.53. The molecule has 0 aliphatic carbocycles. The molecule has 1 heterocycles. The molecule has 1 aromatic heterocycles. The Balaban J connectivity index is 1.68. The molecule has 7 nitrogen and oxygen atoms in total. The SMILES string of the molecule is Cn1cnnc1CCNCCc1ccc([N+](=O)[O-])cc1. The van der Waals surface area contributed by atoms with Crippen molar-refractivity contribution in [3.63, 3.8) is 0 Å². The normalized spacial score (nSPS) is 10.7. The van der Waals surface area contributed by atoms with Crippen molar-refractivity contribution in [2.45, 2.75) is 12.8 Å². The minimum Gasteiger partial charge on any atom is -0.321 e. The van der Waals surface area contributed by atoms with Crippen molar-refractivity contribution in [2.24, 2.45) is 7.05 Å². The Labute approximate surface area is 116 Å². The molecule has 7 heteroatoms. The van der Waals surface area contributed by atoms with Crippen molar-refractivity contribution >= 4 is 5.69 Å². The first-order chi connectivity index (χ1) is 9.66. The van der Waals surface area contributed by atoms with Gasteiger partial charge in [-0.15, -0.1) is 10.2 Å². The summed E-state index contributed by atoms with van der Waals surface area (Å²) in [5.41, 5.74) is 1.21. The van der Waals surface area contributed by atoms with Gasteiger partial charge in [0.1, 0.15) is 12.2 Å². The highest BCUT2D eigenvalue weighted by molar-refractivity contribution is 5.32. The van der Waals surface area contributed by atoms with Gasteiger partial charge in [-0.25, -0.2) is 0 Å². The summed E-state index contributed by atoms with van der Waals surface area (Å²) in [6.45, 7) is 1.66. The van der Waals surface area contributed by atoms with E-state index in [0.717, 1.165) is 37.3 Å². The Kier molecular flexibility index (Phi) is 4.78. The molecule has 0 fully saturated rings. The van der Waals surface area contributed by atoms with E-state index in [1.807, 2.05) is 11.6 Å². The predicted octanol–water partition coefficient (Wildman–Crippen LogP) is 1.10. The largest absolute Gasteiger partial charge is 0.321 e. The summed E-state index contributed by atoms with van der Waals surface area (Å²) in [4.78, 5) is 10.1. The molecule has 1 aromatic carbocycles. The van der Waals surface area contributed by atoms with Crippen LogP contribution in [0.1, 0.15) is 11.4 Å². The summed E-state index contributed by atoms with van der Waals surface area (Å²) in [6, 6.07) is 6.66. The third-order valence-corrected chi connectivity index (χ3v) is 3.07. The maximum atomic E-state index is 10.5. The number of hydrogen-bond acceptors (Lipinski definition) is 5. The second kappa shape index (κ2) is 6.76. The summed E-state index contributed by atoms with van der Waals surface area (Å²) in [5, 5.41) is 21.7. The molecular formula is C13H17N5O2.